The molecule has 1 saturated carbocycles. The standard InChI is InChI=1S/C17H26N4O3/c1-11(2)10-18-14(22)7-8-15-19-16(20-24-15)13-4-3-9-21(13)17(23)12-5-6-12/h11-13H,3-10H2,1-2H3,(H,18,22). The molecule has 0 radical (unpaired) electrons. The van der Waals surface area contributed by atoms with Crippen LogP contribution in [0.5, 0.6) is 0 Å². The van der Waals surface area contributed by atoms with Crippen LogP contribution in [-0.2, 0) is 16.0 Å². The maximum absolute atomic E-state index is 12.3. The topological polar surface area (TPSA) is 88.3 Å². The molecule has 132 valence electrons. The maximum atomic E-state index is 12.3. The lowest BCUT2D eigenvalue weighted by Gasteiger charge is -2.21. The molecule has 3 rings (SSSR count). The third kappa shape index (κ3) is 4.13. The monoisotopic (exact) mass is 334 g/mol. The molecule has 1 aliphatic heterocycles. The molecule has 0 bridgehead atoms. The van der Waals surface area contributed by atoms with Crippen molar-refractivity contribution in [2.75, 3.05) is 13.1 Å². The summed E-state index contributed by atoms with van der Waals surface area (Å²) in [5.74, 6) is 1.92. The van der Waals surface area contributed by atoms with E-state index in [1.807, 2.05) is 4.90 Å². The van der Waals surface area contributed by atoms with E-state index in [0.29, 0.717) is 37.0 Å². The third-order valence-corrected chi connectivity index (χ3v) is 4.52. The summed E-state index contributed by atoms with van der Waals surface area (Å²) in [6.45, 7) is 5.57. The zero-order valence-corrected chi connectivity index (χ0v) is 14.5. The van der Waals surface area contributed by atoms with E-state index in [1.165, 1.54) is 0 Å². The predicted octanol–water partition coefficient (Wildman–Crippen LogP) is 1.85. The van der Waals surface area contributed by atoms with Crippen molar-refractivity contribution in [1.82, 2.24) is 20.4 Å². The van der Waals surface area contributed by atoms with Crippen LogP contribution < -0.4 is 5.32 Å². The molecule has 0 spiro atoms. The first-order valence-corrected chi connectivity index (χ1v) is 8.94. The normalized spacial score (nSPS) is 20.6. The highest BCUT2D eigenvalue weighted by molar-refractivity contribution is 5.81. The minimum Gasteiger partial charge on any atom is -0.356 e. The Bertz CT molecular complexity index is 594. The van der Waals surface area contributed by atoms with Crippen molar-refractivity contribution in [2.24, 2.45) is 11.8 Å². The van der Waals surface area contributed by atoms with E-state index in [1.54, 1.807) is 0 Å². The number of nitrogens with one attached hydrogen (secondary N) is 1. The Morgan fingerprint density at radius 2 is 2.12 bits per heavy atom. The molecule has 1 atom stereocenters. The van der Waals surface area contributed by atoms with Crippen LogP contribution in [0, 0.1) is 11.8 Å². The molecule has 2 heterocycles. The van der Waals surface area contributed by atoms with Crippen LogP contribution >= 0.6 is 0 Å². The van der Waals surface area contributed by atoms with Crippen LogP contribution in [0.25, 0.3) is 0 Å². The fourth-order valence-corrected chi connectivity index (χ4v) is 3.00. The lowest BCUT2D eigenvalue weighted by atomic mass is 10.2. The van der Waals surface area contributed by atoms with Crippen LogP contribution in [0.2, 0.25) is 0 Å². The van der Waals surface area contributed by atoms with Crippen molar-refractivity contribution in [2.45, 2.75) is 58.4 Å². The van der Waals surface area contributed by atoms with E-state index in [2.05, 4.69) is 29.3 Å². The molecule has 1 aromatic rings. The van der Waals surface area contributed by atoms with Gasteiger partial charge in [0.15, 0.2) is 5.82 Å². The summed E-state index contributed by atoms with van der Waals surface area (Å²) < 4.78 is 5.28. The van der Waals surface area contributed by atoms with E-state index in [9.17, 15) is 9.59 Å². The number of carbonyl (C=O) groups excluding carboxylic acids is 2. The summed E-state index contributed by atoms with van der Waals surface area (Å²) >= 11 is 0. The number of hydrogen-bond donors (Lipinski definition) is 1. The highest BCUT2D eigenvalue weighted by Crippen LogP contribution is 2.37. The average molecular weight is 334 g/mol. The second-order valence-electron chi connectivity index (χ2n) is 7.21. The van der Waals surface area contributed by atoms with Crippen molar-refractivity contribution in [3.8, 4) is 0 Å². The summed E-state index contributed by atoms with van der Waals surface area (Å²) in [7, 11) is 0. The summed E-state index contributed by atoms with van der Waals surface area (Å²) in [6, 6.07) is -0.0645. The van der Waals surface area contributed by atoms with Crippen LogP contribution in [0.1, 0.15) is 63.7 Å². The highest BCUT2D eigenvalue weighted by Gasteiger charge is 2.40. The lowest BCUT2D eigenvalue weighted by Crippen LogP contribution is -2.32. The number of aryl methyl sites for hydroxylation is 1. The molecule has 7 heteroatoms. The van der Waals surface area contributed by atoms with Gasteiger partial charge in [-0.3, -0.25) is 9.59 Å². The Balaban J connectivity index is 1.53. The first kappa shape index (κ1) is 16.9. The Morgan fingerprint density at radius 3 is 2.83 bits per heavy atom. The quantitative estimate of drug-likeness (QED) is 0.822. The zero-order chi connectivity index (χ0) is 17.1. The molecule has 2 amide bonds. The maximum Gasteiger partial charge on any atom is 0.227 e. The van der Waals surface area contributed by atoms with Gasteiger partial charge < -0.3 is 14.7 Å². The Labute approximate surface area is 142 Å². The van der Waals surface area contributed by atoms with Crippen LogP contribution in [0.15, 0.2) is 4.52 Å². The van der Waals surface area contributed by atoms with Crippen LogP contribution in [-0.4, -0.2) is 39.9 Å². The smallest absolute Gasteiger partial charge is 0.227 e. The third-order valence-electron chi connectivity index (χ3n) is 4.52. The molecule has 1 aliphatic carbocycles. The molecule has 2 aliphatic rings. The van der Waals surface area contributed by atoms with E-state index < -0.39 is 0 Å². The van der Waals surface area contributed by atoms with Gasteiger partial charge in [-0.25, -0.2) is 0 Å². The number of aromatic nitrogens is 2. The number of amides is 2. The molecule has 0 aromatic carbocycles. The van der Waals surface area contributed by atoms with E-state index in [-0.39, 0.29) is 23.8 Å². The van der Waals surface area contributed by atoms with Gasteiger partial charge in [-0.2, -0.15) is 4.98 Å². The number of carbonyl (C=O) groups is 2. The largest absolute Gasteiger partial charge is 0.356 e. The summed E-state index contributed by atoms with van der Waals surface area (Å²) in [5, 5.41) is 6.92. The minimum absolute atomic E-state index is 0.00476. The molecule has 1 N–H and O–H groups in total. The lowest BCUT2D eigenvalue weighted by molar-refractivity contribution is -0.133. The number of rotatable bonds is 7. The second-order valence-corrected chi connectivity index (χ2v) is 7.21. The second kappa shape index (κ2) is 7.32. The van der Waals surface area contributed by atoms with Gasteiger partial charge in [-0.15, -0.1) is 0 Å². The van der Waals surface area contributed by atoms with Gasteiger partial charge in [0, 0.05) is 31.8 Å². The molecule has 1 aromatic heterocycles. The molecular formula is C17H26N4O3. The SMILES string of the molecule is CC(C)CNC(=O)CCc1nc(C2CCCN2C(=O)C2CC2)no1. The number of nitrogens with zero attached hydrogens (tertiary/aromatic N) is 3. The van der Waals surface area contributed by atoms with Gasteiger partial charge in [0.25, 0.3) is 0 Å². The number of hydrogen-bond acceptors (Lipinski definition) is 5. The number of likely N-dealkylation sites (tertiary alicyclic amines) is 1. The predicted molar refractivity (Wildman–Crippen MR) is 86.9 cm³/mol. The van der Waals surface area contributed by atoms with Gasteiger partial charge in [-0.05, 0) is 31.6 Å². The molecule has 2 fully saturated rings. The van der Waals surface area contributed by atoms with Crippen molar-refractivity contribution >= 4 is 11.8 Å². The van der Waals surface area contributed by atoms with E-state index in [4.69, 9.17) is 4.52 Å². The van der Waals surface area contributed by atoms with Crippen molar-refractivity contribution in [1.29, 1.82) is 0 Å². The van der Waals surface area contributed by atoms with E-state index in [0.717, 1.165) is 32.2 Å². The van der Waals surface area contributed by atoms with E-state index >= 15 is 0 Å². The Kier molecular flexibility index (Phi) is 5.16. The Hall–Kier alpha value is -1.92. The van der Waals surface area contributed by atoms with Gasteiger partial charge in [0.05, 0.1) is 6.04 Å². The van der Waals surface area contributed by atoms with Crippen molar-refractivity contribution < 1.29 is 14.1 Å². The molecular weight excluding hydrogens is 308 g/mol. The molecule has 7 nitrogen and oxygen atoms in total. The highest BCUT2D eigenvalue weighted by atomic mass is 16.5. The van der Waals surface area contributed by atoms with Gasteiger partial charge in [0.2, 0.25) is 17.7 Å². The average Bonchev–Trinajstić information content (AvgIpc) is 3.10. The zero-order valence-electron chi connectivity index (χ0n) is 14.5. The fourth-order valence-electron chi connectivity index (χ4n) is 3.00. The Morgan fingerprint density at radius 1 is 1.33 bits per heavy atom. The van der Waals surface area contributed by atoms with Gasteiger partial charge in [-0.1, -0.05) is 19.0 Å². The first-order chi connectivity index (χ1) is 11.5. The molecule has 24 heavy (non-hydrogen) atoms. The first-order valence-electron chi connectivity index (χ1n) is 8.94. The van der Waals surface area contributed by atoms with Crippen LogP contribution in [0.3, 0.4) is 0 Å². The van der Waals surface area contributed by atoms with Crippen LogP contribution in [0.4, 0.5) is 0 Å². The molecule has 1 unspecified atom stereocenters. The minimum atomic E-state index is -0.0645. The van der Waals surface area contributed by atoms with Crippen molar-refractivity contribution in [3.05, 3.63) is 11.7 Å². The fraction of sp³-hybridized carbons (Fsp3) is 0.765. The summed E-state index contributed by atoms with van der Waals surface area (Å²) in [5.41, 5.74) is 0. The van der Waals surface area contributed by atoms with Gasteiger partial charge in [0.1, 0.15) is 0 Å². The van der Waals surface area contributed by atoms with Gasteiger partial charge >= 0.3 is 0 Å². The molecule has 1 saturated heterocycles. The van der Waals surface area contributed by atoms with Crippen molar-refractivity contribution in [3.63, 3.8) is 0 Å². The summed E-state index contributed by atoms with van der Waals surface area (Å²) in [4.78, 5) is 30.4. The summed E-state index contributed by atoms with van der Waals surface area (Å²) in [6.07, 6.45) is 4.64.